The van der Waals surface area contributed by atoms with Crippen LogP contribution in [0.4, 0.5) is 0 Å². The molecule has 2 rings (SSSR count). The summed E-state index contributed by atoms with van der Waals surface area (Å²) in [5, 5.41) is 0. The van der Waals surface area contributed by atoms with Crippen LogP contribution < -0.4 is 0 Å². The minimum absolute atomic E-state index is 0. The number of hydrogen-bond donors (Lipinski definition) is 6. The van der Waals surface area contributed by atoms with E-state index in [4.69, 9.17) is 27.3 Å². The normalized spacial score (nSPS) is 13.7. The van der Waals surface area contributed by atoms with Crippen LogP contribution >= 0.6 is 0 Å². The molecule has 33 heteroatoms. The zero-order chi connectivity index (χ0) is 35.4. The van der Waals surface area contributed by atoms with Gasteiger partial charge in [-0.2, -0.15) is 50.5 Å². The minimum atomic E-state index is -5.81. The molecule has 0 aliphatic rings. The second-order valence-corrected chi connectivity index (χ2v) is 18.1. The Morgan fingerprint density at radius 1 is 0.333 bits per heavy atom. The first-order valence-corrected chi connectivity index (χ1v) is 20.5. The van der Waals surface area contributed by atoms with Gasteiger partial charge in [0.25, 0.3) is 60.7 Å². The van der Waals surface area contributed by atoms with Gasteiger partial charge in [-0.15, -0.1) is 0 Å². The molecule has 0 spiro atoms. The molecule has 45 heavy (non-hydrogen) atoms. The molecule has 2 aromatic carbocycles. The molecule has 0 atom stereocenters. The van der Waals surface area contributed by atoms with Gasteiger partial charge in [0.1, 0.15) is 49.6 Å². The van der Waals surface area contributed by atoms with Gasteiger partial charge in [0.05, 0.1) is 9.79 Å². The fourth-order valence-corrected chi connectivity index (χ4v) is 11.8. The minimum Gasteiger partial charge on any atom is -0.744 e. The second-order valence-electron chi connectivity index (χ2n) is 7.20. The molecular weight excluding hydrogens is 850 g/mol. The van der Waals surface area contributed by atoms with E-state index >= 15 is 0 Å². The predicted molar refractivity (Wildman–Crippen MR) is 128 cm³/mol. The van der Waals surface area contributed by atoms with Gasteiger partial charge in [0.2, 0.25) is 0 Å². The van der Waals surface area contributed by atoms with Crippen LogP contribution in [-0.4, -0.2) is 104 Å². The zero-order valence-corrected chi connectivity index (χ0v) is 29.8. The maximum Gasteiger partial charge on any atom is 2.00 e. The summed E-state index contributed by atoms with van der Waals surface area (Å²) in [5.41, 5.74) is 0. The molecule has 0 unspecified atom stereocenters. The zero-order valence-electron chi connectivity index (χ0n) is 20.3. The SMILES string of the molecule is O=S(=O)([O-])c1ccc(S(=O)(=O)O)c(S(=O)(=O)O)c1S(=O)(=O)O.O=S(=O)([O-])c1ccc(S(=O)(=O)O)c(S(=O)(=O)O)c1S(=O)(=O)O.[Zn+2]. The molecule has 0 aromatic heterocycles. The van der Waals surface area contributed by atoms with Gasteiger partial charge in [-0.3, -0.25) is 27.3 Å². The molecule has 0 bridgehead atoms. The van der Waals surface area contributed by atoms with E-state index in [9.17, 15) is 76.4 Å². The van der Waals surface area contributed by atoms with Crippen LogP contribution in [0.1, 0.15) is 0 Å². The number of hydrogen-bond acceptors (Lipinski definition) is 18. The van der Waals surface area contributed by atoms with Crippen molar-refractivity contribution in [3.05, 3.63) is 24.3 Å². The fraction of sp³-hybridized carbons (Fsp3) is 0. The Balaban J connectivity index is 0.000000842. The monoisotopic (exact) mass is 858 g/mol. The summed E-state index contributed by atoms with van der Waals surface area (Å²) in [4.78, 5) is -15.9. The summed E-state index contributed by atoms with van der Waals surface area (Å²) >= 11 is 0. The molecule has 0 heterocycles. The molecule has 252 valence electrons. The summed E-state index contributed by atoms with van der Waals surface area (Å²) in [6.45, 7) is 0. The molecule has 0 radical (unpaired) electrons. The Morgan fingerprint density at radius 3 is 0.622 bits per heavy atom. The van der Waals surface area contributed by atoms with Crippen molar-refractivity contribution in [2.75, 3.05) is 0 Å². The number of rotatable bonds is 8. The Morgan fingerprint density at radius 2 is 0.489 bits per heavy atom. The van der Waals surface area contributed by atoms with Crippen LogP contribution in [0.5, 0.6) is 0 Å². The first-order valence-electron chi connectivity index (χ1n) is 9.05. The molecule has 0 aliphatic carbocycles. The van der Waals surface area contributed by atoms with E-state index in [0.717, 1.165) is 0 Å². The van der Waals surface area contributed by atoms with Gasteiger partial charge in [-0.1, -0.05) is 0 Å². The maximum absolute atomic E-state index is 11.2. The maximum atomic E-state index is 11.2. The Kier molecular flexibility index (Phi) is 12.6. The van der Waals surface area contributed by atoms with E-state index in [-0.39, 0.29) is 43.7 Å². The second kappa shape index (κ2) is 13.1. The summed E-state index contributed by atoms with van der Waals surface area (Å²) in [5.74, 6) is 0. The Labute approximate surface area is 265 Å². The van der Waals surface area contributed by atoms with E-state index in [2.05, 4.69) is 0 Å². The first kappa shape index (κ1) is 43.3. The molecular formula is C12H10O24S8Zn. The largest absolute Gasteiger partial charge is 2.00 e. The third kappa shape index (κ3) is 10.7. The van der Waals surface area contributed by atoms with Gasteiger partial charge in [-0.25, -0.2) is 16.8 Å². The average Bonchev–Trinajstić information content (AvgIpc) is 2.72. The van der Waals surface area contributed by atoms with E-state index in [1.54, 1.807) is 0 Å². The van der Waals surface area contributed by atoms with Gasteiger partial charge in [0, 0.05) is 0 Å². The van der Waals surface area contributed by atoms with Crippen molar-refractivity contribution in [3.8, 4) is 0 Å². The van der Waals surface area contributed by atoms with Gasteiger partial charge in [0.15, 0.2) is 0 Å². The molecule has 0 fully saturated rings. The molecule has 2 aromatic rings. The van der Waals surface area contributed by atoms with Crippen LogP contribution in [0.25, 0.3) is 0 Å². The van der Waals surface area contributed by atoms with E-state index in [1.165, 1.54) is 0 Å². The van der Waals surface area contributed by atoms with Crippen molar-refractivity contribution in [1.82, 2.24) is 0 Å². The smallest absolute Gasteiger partial charge is 0.744 e. The third-order valence-corrected chi connectivity index (χ3v) is 12.3. The summed E-state index contributed by atoms with van der Waals surface area (Å²) in [6, 6.07) is 0.169. The van der Waals surface area contributed by atoms with E-state index < -0.39 is 120 Å². The Hall–Kier alpha value is -1.66. The molecule has 24 nitrogen and oxygen atoms in total. The van der Waals surface area contributed by atoms with Crippen LogP contribution in [0, 0.1) is 0 Å². The summed E-state index contributed by atoms with van der Waals surface area (Å²) < 4.78 is 252. The van der Waals surface area contributed by atoms with Crippen molar-refractivity contribution >= 4 is 80.9 Å². The van der Waals surface area contributed by atoms with Crippen molar-refractivity contribution in [2.24, 2.45) is 0 Å². The third-order valence-electron chi connectivity index (χ3n) is 4.21. The van der Waals surface area contributed by atoms with Crippen molar-refractivity contribution in [2.45, 2.75) is 39.2 Å². The predicted octanol–water partition coefficient (Wildman–Crippen LogP) is -3.34. The van der Waals surface area contributed by atoms with Crippen LogP contribution in [-0.2, 0) is 100 Å². The average molecular weight is 860 g/mol. The van der Waals surface area contributed by atoms with E-state index in [0.29, 0.717) is 0 Å². The molecule has 6 N–H and O–H groups in total. The molecule has 0 amide bonds. The Bertz CT molecular complexity index is 2090. The fourth-order valence-electron chi connectivity index (χ4n) is 2.83. The van der Waals surface area contributed by atoms with Crippen LogP contribution in [0.15, 0.2) is 63.4 Å². The van der Waals surface area contributed by atoms with Crippen LogP contribution in [0.3, 0.4) is 0 Å². The standard InChI is InChI=1S/2C6H6O12S4.Zn/c2*7-19(8,9)3-1-2-4(20(10,11)12)6(22(16,17)18)5(3)21(13,14)15;/h2*1-2H,(H,7,8,9)(H,10,11,12)(H,13,14,15)(H,16,17,18);/q;;+2/p-2. The summed E-state index contributed by atoms with van der Waals surface area (Å²) in [7, 11) is -45.6. The molecule has 0 saturated heterocycles. The van der Waals surface area contributed by atoms with Crippen LogP contribution in [0.2, 0.25) is 0 Å². The number of benzene rings is 2. The molecule has 0 saturated carbocycles. The van der Waals surface area contributed by atoms with E-state index in [1.807, 2.05) is 0 Å². The van der Waals surface area contributed by atoms with Crippen molar-refractivity contribution < 1.29 is 123 Å². The summed E-state index contributed by atoms with van der Waals surface area (Å²) in [6.07, 6.45) is 0. The van der Waals surface area contributed by atoms with Gasteiger partial charge >= 0.3 is 19.5 Å². The first-order chi connectivity index (χ1) is 18.9. The van der Waals surface area contributed by atoms with Crippen molar-refractivity contribution in [1.29, 1.82) is 0 Å². The van der Waals surface area contributed by atoms with Gasteiger partial charge in [-0.05, 0) is 24.3 Å². The van der Waals surface area contributed by atoms with Gasteiger partial charge < -0.3 is 9.11 Å². The topological polar surface area (TPSA) is 441 Å². The quantitative estimate of drug-likeness (QED) is 0.112. The van der Waals surface area contributed by atoms with Crippen molar-refractivity contribution in [3.63, 3.8) is 0 Å². The molecule has 0 aliphatic heterocycles.